The summed E-state index contributed by atoms with van der Waals surface area (Å²) in [5.41, 5.74) is 0. The Hall–Kier alpha value is -0.830. The molecule has 0 amide bonds. The number of hydrogen-bond donors (Lipinski definition) is 1. The van der Waals surface area contributed by atoms with Crippen LogP contribution in [0.3, 0.4) is 0 Å². The molecule has 1 aromatic heterocycles. The molecular weight excluding hydrogens is 212 g/mol. The van der Waals surface area contributed by atoms with Gasteiger partial charge in [0.05, 0.1) is 12.4 Å². The molecule has 1 aliphatic carbocycles. The molecule has 1 fully saturated rings. The van der Waals surface area contributed by atoms with Gasteiger partial charge in [0.15, 0.2) is 0 Å². The molecule has 1 heterocycles. The molecule has 0 radical (unpaired) electrons. The molecule has 17 heavy (non-hydrogen) atoms. The van der Waals surface area contributed by atoms with Crippen LogP contribution < -0.4 is 0 Å². The lowest BCUT2D eigenvalue weighted by molar-refractivity contribution is -0.00265. The van der Waals surface area contributed by atoms with E-state index >= 15 is 0 Å². The van der Waals surface area contributed by atoms with Gasteiger partial charge in [0.25, 0.3) is 0 Å². The molecular formula is C14H24N2O. The summed E-state index contributed by atoms with van der Waals surface area (Å²) < 4.78 is 1.97. The average molecular weight is 236 g/mol. The molecule has 1 N–H and O–H groups in total. The fourth-order valence-corrected chi connectivity index (χ4v) is 3.73. The van der Waals surface area contributed by atoms with Crippen molar-refractivity contribution in [2.24, 2.45) is 23.7 Å². The van der Waals surface area contributed by atoms with Gasteiger partial charge in [0, 0.05) is 18.9 Å². The van der Waals surface area contributed by atoms with Crippen LogP contribution in [0, 0.1) is 23.7 Å². The smallest absolute Gasteiger partial charge is 0.0946 e. The van der Waals surface area contributed by atoms with Crippen LogP contribution in [-0.2, 0) is 6.54 Å². The van der Waals surface area contributed by atoms with Crippen LogP contribution >= 0.6 is 0 Å². The predicted molar refractivity (Wildman–Crippen MR) is 68.4 cm³/mol. The van der Waals surface area contributed by atoms with Crippen LogP contribution in [0.5, 0.6) is 0 Å². The number of nitrogens with zero attached hydrogens (tertiary/aromatic N) is 2. The van der Waals surface area contributed by atoms with Gasteiger partial charge in [0.2, 0.25) is 0 Å². The lowest BCUT2D eigenvalue weighted by atomic mass is 9.67. The molecule has 3 heteroatoms. The second-order valence-electron chi connectivity index (χ2n) is 5.94. The third kappa shape index (κ3) is 2.89. The van der Waals surface area contributed by atoms with Gasteiger partial charge >= 0.3 is 0 Å². The van der Waals surface area contributed by atoms with E-state index in [9.17, 15) is 5.11 Å². The molecule has 3 nitrogen and oxygen atoms in total. The van der Waals surface area contributed by atoms with Crippen molar-refractivity contribution < 1.29 is 5.11 Å². The van der Waals surface area contributed by atoms with Gasteiger partial charge in [-0.3, -0.25) is 0 Å². The molecule has 1 saturated carbocycles. The second kappa shape index (κ2) is 5.21. The Bertz CT molecular complexity index is 324. The summed E-state index contributed by atoms with van der Waals surface area (Å²) in [5, 5.41) is 10.4. The molecule has 0 aromatic carbocycles. The van der Waals surface area contributed by atoms with Crippen molar-refractivity contribution in [1.29, 1.82) is 0 Å². The van der Waals surface area contributed by atoms with Crippen molar-refractivity contribution in [3.8, 4) is 0 Å². The first-order valence-corrected chi connectivity index (χ1v) is 6.71. The van der Waals surface area contributed by atoms with Gasteiger partial charge in [-0.25, -0.2) is 4.98 Å². The summed E-state index contributed by atoms with van der Waals surface area (Å²) in [7, 11) is 0. The number of rotatable bonds is 3. The van der Waals surface area contributed by atoms with Gasteiger partial charge < -0.3 is 9.67 Å². The van der Waals surface area contributed by atoms with E-state index in [2.05, 4.69) is 25.8 Å². The molecule has 1 aromatic rings. The van der Waals surface area contributed by atoms with Gasteiger partial charge in [-0.15, -0.1) is 0 Å². The average Bonchev–Trinajstić information content (AvgIpc) is 2.68. The number of aliphatic hydroxyl groups excluding tert-OH is 1. The van der Waals surface area contributed by atoms with E-state index in [0.29, 0.717) is 24.3 Å². The first-order valence-electron chi connectivity index (χ1n) is 6.71. The largest absolute Gasteiger partial charge is 0.391 e. The van der Waals surface area contributed by atoms with Crippen LogP contribution in [0.1, 0.15) is 33.6 Å². The first-order chi connectivity index (χ1) is 8.08. The van der Waals surface area contributed by atoms with Crippen molar-refractivity contribution in [1.82, 2.24) is 9.55 Å². The van der Waals surface area contributed by atoms with Crippen molar-refractivity contribution in [3.63, 3.8) is 0 Å². The molecule has 1 aliphatic rings. The number of aromatic nitrogens is 2. The number of imidazole rings is 1. The van der Waals surface area contributed by atoms with Crippen molar-refractivity contribution in [3.05, 3.63) is 18.7 Å². The molecule has 0 saturated heterocycles. The zero-order valence-electron chi connectivity index (χ0n) is 11.1. The Morgan fingerprint density at radius 2 is 1.94 bits per heavy atom. The minimum Gasteiger partial charge on any atom is -0.391 e. The Morgan fingerprint density at radius 3 is 2.47 bits per heavy atom. The summed E-state index contributed by atoms with van der Waals surface area (Å²) >= 11 is 0. The highest BCUT2D eigenvalue weighted by Crippen LogP contribution is 2.39. The summed E-state index contributed by atoms with van der Waals surface area (Å²) in [6, 6.07) is 0. The maximum atomic E-state index is 10.4. The standard InChI is InChI=1S/C14H24N2O/c1-10-6-11(2)14(12(3)7-10)13(17)8-16-5-4-15-9-16/h4-5,9-14,17H,6-8H2,1-3H3. The third-order valence-corrected chi connectivity index (χ3v) is 4.26. The molecule has 0 bridgehead atoms. The fourth-order valence-electron chi connectivity index (χ4n) is 3.73. The highest BCUT2D eigenvalue weighted by Gasteiger charge is 2.35. The van der Waals surface area contributed by atoms with Crippen molar-refractivity contribution >= 4 is 0 Å². The van der Waals surface area contributed by atoms with Crippen molar-refractivity contribution in [2.45, 2.75) is 46.3 Å². The van der Waals surface area contributed by atoms with Crippen LogP contribution in [0.15, 0.2) is 18.7 Å². The summed E-state index contributed by atoms with van der Waals surface area (Å²) in [6.45, 7) is 7.57. The van der Waals surface area contributed by atoms with Crippen LogP contribution in [0.25, 0.3) is 0 Å². The predicted octanol–water partition coefficient (Wildman–Crippen LogP) is 2.56. The lowest BCUT2D eigenvalue weighted by Crippen LogP contribution is -2.39. The van der Waals surface area contributed by atoms with Crippen LogP contribution in [0.2, 0.25) is 0 Å². The van der Waals surface area contributed by atoms with Gasteiger partial charge in [-0.2, -0.15) is 0 Å². The van der Waals surface area contributed by atoms with E-state index in [1.165, 1.54) is 12.8 Å². The molecule has 2 rings (SSSR count). The Balaban J connectivity index is 2.00. The molecule has 3 atom stereocenters. The number of aliphatic hydroxyl groups is 1. The number of hydrogen-bond acceptors (Lipinski definition) is 2. The quantitative estimate of drug-likeness (QED) is 0.876. The Morgan fingerprint density at radius 1 is 1.29 bits per heavy atom. The Labute approximate surface area is 104 Å². The van der Waals surface area contributed by atoms with Gasteiger partial charge in [-0.05, 0) is 36.5 Å². The van der Waals surface area contributed by atoms with E-state index in [-0.39, 0.29) is 6.10 Å². The monoisotopic (exact) mass is 236 g/mol. The van der Waals surface area contributed by atoms with E-state index in [1.54, 1.807) is 12.5 Å². The molecule has 3 unspecified atom stereocenters. The van der Waals surface area contributed by atoms with Crippen LogP contribution in [0.4, 0.5) is 0 Å². The second-order valence-corrected chi connectivity index (χ2v) is 5.94. The molecule has 0 aliphatic heterocycles. The third-order valence-electron chi connectivity index (χ3n) is 4.26. The zero-order chi connectivity index (χ0) is 12.4. The zero-order valence-corrected chi connectivity index (χ0v) is 11.1. The van der Waals surface area contributed by atoms with E-state index in [4.69, 9.17) is 0 Å². The highest BCUT2D eigenvalue weighted by atomic mass is 16.3. The minimum absolute atomic E-state index is 0.248. The summed E-state index contributed by atoms with van der Waals surface area (Å²) in [5.74, 6) is 2.46. The molecule has 0 spiro atoms. The summed E-state index contributed by atoms with van der Waals surface area (Å²) in [6.07, 6.45) is 7.71. The van der Waals surface area contributed by atoms with Gasteiger partial charge in [-0.1, -0.05) is 20.8 Å². The van der Waals surface area contributed by atoms with E-state index < -0.39 is 0 Å². The van der Waals surface area contributed by atoms with Gasteiger partial charge in [0.1, 0.15) is 0 Å². The first kappa shape index (κ1) is 12.6. The molecule has 96 valence electrons. The highest BCUT2D eigenvalue weighted by molar-refractivity contribution is 4.86. The SMILES string of the molecule is CC1CC(C)C(C(O)Cn2ccnc2)C(C)C1. The maximum absolute atomic E-state index is 10.4. The summed E-state index contributed by atoms with van der Waals surface area (Å²) in [4.78, 5) is 4.02. The Kier molecular flexibility index (Phi) is 3.87. The van der Waals surface area contributed by atoms with E-state index in [1.807, 2.05) is 10.8 Å². The lowest BCUT2D eigenvalue weighted by Gasteiger charge is -2.40. The van der Waals surface area contributed by atoms with E-state index in [0.717, 1.165) is 5.92 Å². The topological polar surface area (TPSA) is 38.0 Å². The fraction of sp³-hybridized carbons (Fsp3) is 0.786. The van der Waals surface area contributed by atoms with Crippen LogP contribution in [-0.4, -0.2) is 20.8 Å². The van der Waals surface area contributed by atoms with Crippen molar-refractivity contribution in [2.75, 3.05) is 0 Å². The minimum atomic E-state index is -0.248. The normalized spacial score (nSPS) is 35.8. The maximum Gasteiger partial charge on any atom is 0.0946 e.